The Bertz CT molecular complexity index is 920. The Balaban J connectivity index is 1.77. The third-order valence-electron chi connectivity index (χ3n) is 3.66. The first-order valence-corrected chi connectivity index (χ1v) is 7.96. The summed E-state index contributed by atoms with van der Waals surface area (Å²) in [4.78, 5) is 4.09. The Morgan fingerprint density at radius 2 is 1.96 bits per heavy atom. The van der Waals surface area contributed by atoms with Gasteiger partial charge in [-0.25, -0.2) is 14.1 Å². The maximum atomic E-state index is 13.0. The Hall–Kier alpha value is -3.35. The van der Waals surface area contributed by atoms with E-state index in [-0.39, 0.29) is 5.82 Å². The van der Waals surface area contributed by atoms with Crippen LogP contribution in [0.5, 0.6) is 11.5 Å². The summed E-state index contributed by atoms with van der Waals surface area (Å²) in [6.45, 7) is 2.14. The summed E-state index contributed by atoms with van der Waals surface area (Å²) in [5, 5.41) is 4.29. The number of aromatic nitrogens is 2. The minimum atomic E-state index is -0.279. The molecule has 0 aliphatic heterocycles. The van der Waals surface area contributed by atoms with Crippen LogP contribution in [0.15, 0.2) is 53.8 Å². The van der Waals surface area contributed by atoms with Crippen molar-refractivity contribution in [3.05, 3.63) is 71.3 Å². The number of hydrogen-bond acceptors (Lipinski definition) is 5. The van der Waals surface area contributed by atoms with Crippen molar-refractivity contribution in [2.75, 3.05) is 12.8 Å². The van der Waals surface area contributed by atoms with Crippen molar-refractivity contribution in [1.29, 1.82) is 0 Å². The average Bonchev–Trinajstić information content (AvgIpc) is 2.97. The minimum absolute atomic E-state index is 0.279. The normalized spacial score (nSPS) is 11.0. The fourth-order valence-electron chi connectivity index (χ4n) is 2.35. The smallest absolute Gasteiger partial charge is 0.221 e. The van der Waals surface area contributed by atoms with Gasteiger partial charge in [-0.1, -0.05) is 12.1 Å². The van der Waals surface area contributed by atoms with E-state index >= 15 is 0 Å². The second kappa shape index (κ2) is 7.69. The molecular formula is C19H19FN4O2. The molecule has 134 valence electrons. The van der Waals surface area contributed by atoms with Gasteiger partial charge < -0.3 is 15.2 Å². The van der Waals surface area contributed by atoms with Crippen LogP contribution < -0.4 is 15.2 Å². The molecular weight excluding hydrogens is 335 g/mol. The molecule has 2 N–H and O–H groups in total. The number of benzene rings is 2. The highest BCUT2D eigenvalue weighted by molar-refractivity contribution is 5.81. The monoisotopic (exact) mass is 354 g/mol. The van der Waals surface area contributed by atoms with Crippen LogP contribution in [-0.2, 0) is 6.61 Å². The van der Waals surface area contributed by atoms with E-state index < -0.39 is 0 Å². The van der Waals surface area contributed by atoms with Crippen LogP contribution in [-0.4, -0.2) is 23.0 Å². The molecule has 0 spiro atoms. The SMILES string of the molecule is COc1ccc(C=Nn2cc(C)nc2N)cc1OCc1ccc(F)cc1. The van der Waals surface area contributed by atoms with Gasteiger partial charge in [-0.3, -0.25) is 0 Å². The van der Waals surface area contributed by atoms with Crippen LogP contribution in [0, 0.1) is 12.7 Å². The molecule has 0 fully saturated rings. The number of imidazole rings is 1. The first-order chi connectivity index (χ1) is 12.5. The third kappa shape index (κ3) is 4.18. The molecule has 0 atom stereocenters. The molecule has 0 bridgehead atoms. The molecule has 0 saturated carbocycles. The number of nitrogens with zero attached hydrogens (tertiary/aromatic N) is 3. The molecule has 1 aromatic heterocycles. The fourth-order valence-corrected chi connectivity index (χ4v) is 2.35. The Labute approximate surface area is 150 Å². The highest BCUT2D eigenvalue weighted by Crippen LogP contribution is 2.28. The van der Waals surface area contributed by atoms with Gasteiger partial charge in [0.05, 0.1) is 25.2 Å². The molecule has 0 unspecified atom stereocenters. The van der Waals surface area contributed by atoms with E-state index in [1.54, 1.807) is 37.7 Å². The zero-order chi connectivity index (χ0) is 18.5. The predicted molar refractivity (Wildman–Crippen MR) is 98.1 cm³/mol. The molecule has 0 saturated heterocycles. The first-order valence-electron chi connectivity index (χ1n) is 7.96. The van der Waals surface area contributed by atoms with Crippen LogP contribution in [0.1, 0.15) is 16.8 Å². The molecule has 3 rings (SSSR count). The summed E-state index contributed by atoms with van der Waals surface area (Å²) in [6, 6.07) is 11.6. The van der Waals surface area contributed by atoms with E-state index in [1.807, 2.05) is 19.1 Å². The molecule has 3 aromatic rings. The van der Waals surface area contributed by atoms with E-state index in [0.29, 0.717) is 24.1 Å². The topological polar surface area (TPSA) is 74.7 Å². The molecule has 26 heavy (non-hydrogen) atoms. The number of aryl methyl sites for hydroxylation is 1. The van der Waals surface area contributed by atoms with Crippen molar-refractivity contribution in [3.8, 4) is 11.5 Å². The van der Waals surface area contributed by atoms with E-state index in [0.717, 1.165) is 16.8 Å². The van der Waals surface area contributed by atoms with E-state index in [1.165, 1.54) is 16.8 Å². The summed E-state index contributed by atoms with van der Waals surface area (Å²) in [7, 11) is 1.57. The maximum Gasteiger partial charge on any atom is 0.221 e. The van der Waals surface area contributed by atoms with Crippen molar-refractivity contribution in [2.24, 2.45) is 5.10 Å². The summed E-state index contributed by atoms with van der Waals surface area (Å²) >= 11 is 0. The number of hydrogen-bond donors (Lipinski definition) is 1. The summed E-state index contributed by atoms with van der Waals surface area (Å²) in [5.41, 5.74) is 8.23. The molecule has 7 heteroatoms. The lowest BCUT2D eigenvalue weighted by Crippen LogP contribution is -2.00. The number of nitrogen functional groups attached to an aromatic ring is 1. The van der Waals surface area contributed by atoms with Gasteiger partial charge in [0.25, 0.3) is 0 Å². The van der Waals surface area contributed by atoms with Crippen molar-refractivity contribution in [3.63, 3.8) is 0 Å². The van der Waals surface area contributed by atoms with Gasteiger partial charge in [-0.2, -0.15) is 5.10 Å². The lowest BCUT2D eigenvalue weighted by Gasteiger charge is -2.11. The highest BCUT2D eigenvalue weighted by Gasteiger charge is 2.06. The molecule has 0 aliphatic rings. The summed E-state index contributed by atoms with van der Waals surface area (Å²) in [6.07, 6.45) is 3.39. The average molecular weight is 354 g/mol. The maximum absolute atomic E-state index is 13.0. The lowest BCUT2D eigenvalue weighted by molar-refractivity contribution is 0.284. The zero-order valence-electron chi connectivity index (χ0n) is 14.5. The van der Waals surface area contributed by atoms with Gasteiger partial charge in [0.2, 0.25) is 5.95 Å². The van der Waals surface area contributed by atoms with Crippen LogP contribution in [0.3, 0.4) is 0 Å². The predicted octanol–water partition coefficient (Wildman–Crippen LogP) is 3.38. The number of anilines is 1. The fraction of sp³-hybridized carbons (Fsp3) is 0.158. The molecule has 0 radical (unpaired) electrons. The molecule has 1 heterocycles. The van der Waals surface area contributed by atoms with Gasteiger partial charge in [-0.05, 0) is 48.4 Å². The number of methoxy groups -OCH3 is 1. The second-order valence-electron chi connectivity index (χ2n) is 5.66. The van der Waals surface area contributed by atoms with Gasteiger partial charge in [-0.15, -0.1) is 0 Å². The van der Waals surface area contributed by atoms with Crippen molar-refractivity contribution in [1.82, 2.24) is 9.66 Å². The highest BCUT2D eigenvalue weighted by atomic mass is 19.1. The van der Waals surface area contributed by atoms with Crippen LogP contribution >= 0.6 is 0 Å². The number of halogens is 1. The molecule has 0 amide bonds. The summed E-state index contributed by atoms with van der Waals surface area (Å²) in [5.74, 6) is 1.21. The Morgan fingerprint density at radius 3 is 2.62 bits per heavy atom. The van der Waals surface area contributed by atoms with Crippen molar-refractivity contribution < 1.29 is 13.9 Å². The van der Waals surface area contributed by atoms with Crippen LogP contribution in [0.4, 0.5) is 10.3 Å². The molecule has 0 aliphatic carbocycles. The third-order valence-corrected chi connectivity index (χ3v) is 3.66. The standard InChI is InChI=1S/C19H19FN4O2/c1-13-11-24(19(21)23-13)22-10-15-5-8-17(25-2)18(9-15)26-12-14-3-6-16(20)7-4-14/h3-11H,12H2,1-2H3,(H2,21,23). The zero-order valence-corrected chi connectivity index (χ0v) is 14.5. The van der Waals surface area contributed by atoms with Crippen LogP contribution in [0.2, 0.25) is 0 Å². The van der Waals surface area contributed by atoms with Gasteiger partial charge in [0, 0.05) is 0 Å². The van der Waals surface area contributed by atoms with Crippen molar-refractivity contribution >= 4 is 12.2 Å². The molecule has 6 nitrogen and oxygen atoms in total. The summed E-state index contributed by atoms with van der Waals surface area (Å²) < 4.78 is 25.6. The van der Waals surface area contributed by atoms with Gasteiger partial charge in [0.15, 0.2) is 11.5 Å². The number of ether oxygens (including phenoxy) is 2. The number of nitrogens with two attached hydrogens (primary N) is 1. The van der Waals surface area contributed by atoms with E-state index in [2.05, 4.69) is 10.1 Å². The molecule has 2 aromatic carbocycles. The van der Waals surface area contributed by atoms with Gasteiger partial charge in [0.1, 0.15) is 12.4 Å². The van der Waals surface area contributed by atoms with E-state index in [4.69, 9.17) is 15.2 Å². The van der Waals surface area contributed by atoms with Crippen LogP contribution in [0.25, 0.3) is 0 Å². The Morgan fingerprint density at radius 1 is 1.19 bits per heavy atom. The number of rotatable bonds is 6. The quantitative estimate of drug-likeness (QED) is 0.689. The minimum Gasteiger partial charge on any atom is -0.493 e. The lowest BCUT2D eigenvalue weighted by atomic mass is 10.2. The Kier molecular flexibility index (Phi) is 5.17. The first kappa shape index (κ1) is 17.5. The largest absolute Gasteiger partial charge is 0.493 e. The second-order valence-corrected chi connectivity index (χ2v) is 5.66. The van der Waals surface area contributed by atoms with E-state index in [9.17, 15) is 4.39 Å². The van der Waals surface area contributed by atoms with Crippen molar-refractivity contribution in [2.45, 2.75) is 13.5 Å². The van der Waals surface area contributed by atoms with Gasteiger partial charge >= 0.3 is 0 Å².